The van der Waals surface area contributed by atoms with Crippen molar-refractivity contribution in [2.45, 2.75) is 19.5 Å². The molecule has 0 saturated heterocycles. The smallest absolute Gasteiger partial charge is 0.315 e. The molecule has 126 valence electrons. The van der Waals surface area contributed by atoms with Gasteiger partial charge in [0.05, 0.1) is 12.6 Å². The molecule has 24 heavy (non-hydrogen) atoms. The molecule has 6 heteroatoms. The van der Waals surface area contributed by atoms with E-state index in [2.05, 4.69) is 31.9 Å². The summed E-state index contributed by atoms with van der Waals surface area (Å²) in [5, 5.41) is 8.12. The highest BCUT2D eigenvalue weighted by Crippen LogP contribution is 2.22. The summed E-state index contributed by atoms with van der Waals surface area (Å²) in [6.45, 7) is 2.24. The number of amides is 3. The van der Waals surface area contributed by atoms with Crippen molar-refractivity contribution in [2.24, 2.45) is 0 Å². The van der Waals surface area contributed by atoms with E-state index in [1.54, 1.807) is 0 Å². The lowest BCUT2D eigenvalue weighted by atomic mass is 10.1. The van der Waals surface area contributed by atoms with Crippen molar-refractivity contribution in [1.82, 2.24) is 16.0 Å². The molecule has 0 radical (unpaired) electrons. The summed E-state index contributed by atoms with van der Waals surface area (Å²) >= 11 is 3.46. The fourth-order valence-corrected chi connectivity index (χ4v) is 2.83. The first-order valence-corrected chi connectivity index (χ1v) is 8.45. The Morgan fingerprint density at radius 1 is 1.00 bits per heavy atom. The largest absolute Gasteiger partial charge is 0.348 e. The molecule has 1 atom stereocenters. The van der Waals surface area contributed by atoms with E-state index in [1.807, 2.05) is 61.5 Å². The molecule has 2 rings (SSSR count). The van der Waals surface area contributed by atoms with E-state index in [0.29, 0.717) is 6.54 Å². The Kier molecular flexibility index (Phi) is 6.81. The lowest BCUT2D eigenvalue weighted by Crippen LogP contribution is -2.42. The van der Waals surface area contributed by atoms with Crippen LogP contribution in [-0.4, -0.2) is 18.5 Å². The van der Waals surface area contributed by atoms with Gasteiger partial charge in [0.15, 0.2) is 0 Å². The topological polar surface area (TPSA) is 70.2 Å². The van der Waals surface area contributed by atoms with Crippen molar-refractivity contribution in [3.63, 3.8) is 0 Å². The minimum Gasteiger partial charge on any atom is -0.348 e. The maximum atomic E-state index is 11.9. The lowest BCUT2D eigenvalue weighted by Gasteiger charge is -2.16. The molecule has 3 amide bonds. The van der Waals surface area contributed by atoms with Gasteiger partial charge in [-0.2, -0.15) is 0 Å². The van der Waals surface area contributed by atoms with Crippen LogP contribution in [0.2, 0.25) is 0 Å². The zero-order chi connectivity index (χ0) is 17.4. The molecule has 0 saturated carbocycles. The molecule has 5 nitrogen and oxygen atoms in total. The summed E-state index contributed by atoms with van der Waals surface area (Å²) in [6, 6.07) is 16.8. The van der Waals surface area contributed by atoms with Gasteiger partial charge in [-0.25, -0.2) is 4.79 Å². The Labute approximate surface area is 150 Å². The number of hydrogen-bond acceptors (Lipinski definition) is 2. The first-order chi connectivity index (χ1) is 11.6. The second kappa shape index (κ2) is 9.08. The van der Waals surface area contributed by atoms with E-state index in [9.17, 15) is 9.59 Å². The first kappa shape index (κ1) is 18.0. The fraction of sp³-hybridized carbons (Fsp3) is 0.222. The van der Waals surface area contributed by atoms with Gasteiger partial charge in [0.1, 0.15) is 0 Å². The lowest BCUT2D eigenvalue weighted by molar-refractivity contribution is -0.120. The summed E-state index contributed by atoms with van der Waals surface area (Å²) in [4.78, 5) is 23.7. The highest BCUT2D eigenvalue weighted by Gasteiger charge is 2.12. The number of urea groups is 1. The summed E-state index contributed by atoms with van der Waals surface area (Å²) in [6.07, 6.45) is 0. The van der Waals surface area contributed by atoms with Crippen LogP contribution in [0.3, 0.4) is 0 Å². The number of halogens is 1. The minimum absolute atomic E-state index is 0.0740. The Bertz CT molecular complexity index is 692. The summed E-state index contributed by atoms with van der Waals surface area (Å²) in [5.41, 5.74) is 1.99. The molecule has 0 spiro atoms. The molecule has 0 heterocycles. The van der Waals surface area contributed by atoms with Crippen molar-refractivity contribution < 1.29 is 9.59 Å². The summed E-state index contributed by atoms with van der Waals surface area (Å²) < 4.78 is 0.936. The molecular weight excluding hydrogens is 370 g/mol. The molecule has 1 unspecified atom stereocenters. The van der Waals surface area contributed by atoms with Crippen molar-refractivity contribution in [3.8, 4) is 0 Å². The third-order valence-electron chi connectivity index (χ3n) is 3.45. The maximum absolute atomic E-state index is 11.9. The molecule has 3 N–H and O–H groups in total. The SMILES string of the molecule is CC(NC(=O)CNC(=O)NCc1ccccc1)c1ccccc1Br. The van der Waals surface area contributed by atoms with Gasteiger partial charge in [0, 0.05) is 11.0 Å². The van der Waals surface area contributed by atoms with Crippen LogP contribution in [-0.2, 0) is 11.3 Å². The van der Waals surface area contributed by atoms with Gasteiger partial charge in [0.2, 0.25) is 5.91 Å². The van der Waals surface area contributed by atoms with Crippen LogP contribution in [0.25, 0.3) is 0 Å². The first-order valence-electron chi connectivity index (χ1n) is 7.65. The van der Waals surface area contributed by atoms with Gasteiger partial charge in [-0.1, -0.05) is 64.5 Å². The molecule has 0 fully saturated rings. The molecule has 0 bridgehead atoms. The third-order valence-corrected chi connectivity index (χ3v) is 4.18. The van der Waals surface area contributed by atoms with Crippen molar-refractivity contribution in [3.05, 3.63) is 70.2 Å². The second-order valence-corrected chi connectivity index (χ2v) is 6.19. The number of rotatable bonds is 6. The van der Waals surface area contributed by atoms with E-state index in [-0.39, 0.29) is 24.5 Å². The van der Waals surface area contributed by atoms with Crippen LogP contribution in [0.5, 0.6) is 0 Å². The quantitative estimate of drug-likeness (QED) is 0.710. The molecule has 2 aromatic rings. The predicted molar refractivity (Wildman–Crippen MR) is 97.4 cm³/mol. The zero-order valence-electron chi connectivity index (χ0n) is 13.4. The number of benzene rings is 2. The monoisotopic (exact) mass is 389 g/mol. The van der Waals surface area contributed by atoms with Gasteiger partial charge in [0.25, 0.3) is 0 Å². The zero-order valence-corrected chi connectivity index (χ0v) is 15.0. The van der Waals surface area contributed by atoms with Crippen LogP contribution in [0.15, 0.2) is 59.1 Å². The molecule has 2 aromatic carbocycles. The van der Waals surface area contributed by atoms with Gasteiger partial charge in [-0.15, -0.1) is 0 Å². The highest BCUT2D eigenvalue weighted by atomic mass is 79.9. The Hall–Kier alpha value is -2.34. The van der Waals surface area contributed by atoms with Crippen LogP contribution < -0.4 is 16.0 Å². The number of carbonyl (C=O) groups excluding carboxylic acids is 2. The fourth-order valence-electron chi connectivity index (χ4n) is 2.20. The number of carbonyl (C=O) groups is 2. The molecule has 0 aliphatic carbocycles. The number of hydrogen-bond donors (Lipinski definition) is 3. The second-order valence-electron chi connectivity index (χ2n) is 5.33. The average molecular weight is 390 g/mol. The third kappa shape index (κ3) is 5.70. The molecular formula is C18H20BrN3O2. The van der Waals surface area contributed by atoms with Crippen LogP contribution in [0.1, 0.15) is 24.1 Å². The van der Waals surface area contributed by atoms with E-state index >= 15 is 0 Å². The minimum atomic E-state index is -0.373. The van der Waals surface area contributed by atoms with Crippen LogP contribution >= 0.6 is 15.9 Å². The van der Waals surface area contributed by atoms with Crippen LogP contribution in [0, 0.1) is 0 Å². The van der Waals surface area contributed by atoms with Gasteiger partial charge in [-0.05, 0) is 24.1 Å². The summed E-state index contributed by atoms with van der Waals surface area (Å²) in [5.74, 6) is -0.242. The standard InChI is InChI=1S/C18H20BrN3O2/c1-13(15-9-5-6-10-16(15)19)22-17(23)12-21-18(24)20-11-14-7-3-2-4-8-14/h2-10,13H,11-12H2,1H3,(H,22,23)(H2,20,21,24). The highest BCUT2D eigenvalue weighted by molar-refractivity contribution is 9.10. The van der Waals surface area contributed by atoms with E-state index in [1.165, 1.54) is 0 Å². The van der Waals surface area contributed by atoms with E-state index in [4.69, 9.17) is 0 Å². The Morgan fingerprint density at radius 2 is 1.67 bits per heavy atom. The Morgan fingerprint density at radius 3 is 2.38 bits per heavy atom. The van der Waals surface area contributed by atoms with E-state index < -0.39 is 0 Å². The molecule has 0 aliphatic heterocycles. The van der Waals surface area contributed by atoms with Crippen molar-refractivity contribution in [2.75, 3.05) is 6.54 Å². The predicted octanol–water partition coefficient (Wildman–Crippen LogP) is 3.13. The number of nitrogens with one attached hydrogen (secondary N) is 3. The van der Waals surface area contributed by atoms with Crippen molar-refractivity contribution in [1.29, 1.82) is 0 Å². The van der Waals surface area contributed by atoms with Crippen molar-refractivity contribution >= 4 is 27.9 Å². The molecule has 0 aliphatic rings. The van der Waals surface area contributed by atoms with E-state index in [0.717, 1.165) is 15.6 Å². The Balaban J connectivity index is 1.72. The van der Waals surface area contributed by atoms with Gasteiger partial charge in [-0.3, -0.25) is 4.79 Å². The summed E-state index contributed by atoms with van der Waals surface area (Å²) in [7, 11) is 0. The van der Waals surface area contributed by atoms with Gasteiger partial charge < -0.3 is 16.0 Å². The van der Waals surface area contributed by atoms with Crippen LogP contribution in [0.4, 0.5) is 4.79 Å². The molecule has 0 aromatic heterocycles. The normalized spacial score (nSPS) is 11.4. The average Bonchev–Trinajstić information content (AvgIpc) is 2.59. The maximum Gasteiger partial charge on any atom is 0.315 e. The van der Waals surface area contributed by atoms with Gasteiger partial charge >= 0.3 is 6.03 Å².